The van der Waals surface area contributed by atoms with E-state index in [0.717, 1.165) is 24.6 Å². The maximum absolute atomic E-state index is 12.6. The molecule has 0 aliphatic carbocycles. The maximum Gasteiger partial charge on any atom is 0.251 e. The Morgan fingerprint density at radius 3 is 2.36 bits per heavy atom. The van der Waals surface area contributed by atoms with Crippen molar-refractivity contribution in [3.8, 4) is 11.5 Å². The topological polar surface area (TPSA) is 50.8 Å². The van der Waals surface area contributed by atoms with E-state index in [9.17, 15) is 4.79 Å². The van der Waals surface area contributed by atoms with Crippen LogP contribution in [0.25, 0.3) is 0 Å². The molecular formula is C23H28N2O3. The summed E-state index contributed by atoms with van der Waals surface area (Å²) in [6, 6.07) is 15.5. The highest BCUT2D eigenvalue weighted by molar-refractivity contribution is 5.94. The molecule has 0 saturated carbocycles. The number of carbonyl (C=O) groups excluding carboxylic acids is 1. The van der Waals surface area contributed by atoms with Gasteiger partial charge >= 0.3 is 0 Å². The highest BCUT2D eigenvalue weighted by Crippen LogP contribution is 2.26. The summed E-state index contributed by atoms with van der Waals surface area (Å²) in [6.45, 7) is 6.76. The molecule has 0 bridgehead atoms. The molecule has 2 aromatic carbocycles. The normalized spacial score (nSPS) is 15.0. The van der Waals surface area contributed by atoms with Crippen LogP contribution in [-0.2, 0) is 0 Å². The van der Waals surface area contributed by atoms with Crippen LogP contribution in [-0.4, -0.2) is 44.2 Å². The fourth-order valence-electron chi connectivity index (χ4n) is 3.49. The summed E-state index contributed by atoms with van der Waals surface area (Å²) < 4.78 is 10.7. The minimum Gasteiger partial charge on any atom is -0.497 e. The molecule has 1 atom stereocenters. The number of methoxy groups -OCH3 is 1. The van der Waals surface area contributed by atoms with Gasteiger partial charge in [0, 0.05) is 12.1 Å². The molecule has 1 fully saturated rings. The second-order valence-corrected chi connectivity index (χ2v) is 6.87. The lowest BCUT2D eigenvalue weighted by Gasteiger charge is -2.28. The van der Waals surface area contributed by atoms with E-state index in [4.69, 9.17) is 9.47 Å². The van der Waals surface area contributed by atoms with E-state index in [1.807, 2.05) is 12.1 Å². The monoisotopic (exact) mass is 380 g/mol. The largest absolute Gasteiger partial charge is 0.497 e. The van der Waals surface area contributed by atoms with Crippen molar-refractivity contribution in [1.82, 2.24) is 10.2 Å². The molecule has 0 radical (unpaired) electrons. The van der Waals surface area contributed by atoms with Gasteiger partial charge in [-0.2, -0.15) is 0 Å². The lowest BCUT2D eigenvalue weighted by molar-refractivity contribution is 0.0938. The van der Waals surface area contributed by atoms with Crippen molar-refractivity contribution < 1.29 is 14.3 Å². The van der Waals surface area contributed by atoms with E-state index >= 15 is 0 Å². The molecule has 148 valence electrons. The number of rotatable bonds is 9. The molecular weight excluding hydrogens is 352 g/mol. The van der Waals surface area contributed by atoms with E-state index in [2.05, 4.69) is 28.9 Å². The highest BCUT2D eigenvalue weighted by Gasteiger charge is 2.24. The number of ether oxygens (including phenoxy) is 2. The van der Waals surface area contributed by atoms with E-state index in [1.54, 1.807) is 37.5 Å². The van der Waals surface area contributed by atoms with Gasteiger partial charge < -0.3 is 14.8 Å². The van der Waals surface area contributed by atoms with Crippen molar-refractivity contribution in [2.75, 3.05) is 33.4 Å². The first-order valence-corrected chi connectivity index (χ1v) is 9.71. The van der Waals surface area contributed by atoms with Gasteiger partial charge in [-0.1, -0.05) is 24.8 Å². The first-order chi connectivity index (χ1) is 13.7. The zero-order valence-electron chi connectivity index (χ0n) is 16.4. The number of hydrogen-bond acceptors (Lipinski definition) is 4. The SMILES string of the molecule is C=CCOc1ccc(C(=O)NCC(c2ccc(OC)cc2)N2CCCC2)cc1. The molecule has 5 nitrogen and oxygen atoms in total. The van der Waals surface area contributed by atoms with Gasteiger partial charge in [0.05, 0.1) is 13.2 Å². The van der Waals surface area contributed by atoms with Gasteiger partial charge in [0.25, 0.3) is 5.91 Å². The maximum atomic E-state index is 12.6. The van der Waals surface area contributed by atoms with Crippen LogP contribution in [0.2, 0.25) is 0 Å². The van der Waals surface area contributed by atoms with Gasteiger partial charge in [0.1, 0.15) is 18.1 Å². The Hall–Kier alpha value is -2.79. The molecule has 28 heavy (non-hydrogen) atoms. The minimum atomic E-state index is -0.0759. The van der Waals surface area contributed by atoms with Crippen LogP contribution in [0.4, 0.5) is 0 Å². The third-order valence-corrected chi connectivity index (χ3v) is 5.02. The lowest BCUT2D eigenvalue weighted by Crippen LogP contribution is -2.36. The molecule has 0 aromatic heterocycles. The first-order valence-electron chi connectivity index (χ1n) is 9.71. The summed E-state index contributed by atoms with van der Waals surface area (Å²) in [5.74, 6) is 1.49. The second kappa shape index (κ2) is 9.95. The molecule has 1 aliphatic heterocycles. The van der Waals surface area contributed by atoms with Crippen LogP contribution < -0.4 is 14.8 Å². The highest BCUT2D eigenvalue weighted by atomic mass is 16.5. The summed E-state index contributed by atoms with van der Waals surface area (Å²) in [5.41, 5.74) is 1.82. The Morgan fingerprint density at radius 2 is 1.75 bits per heavy atom. The number of nitrogens with zero attached hydrogens (tertiary/aromatic N) is 1. The van der Waals surface area contributed by atoms with Crippen LogP contribution >= 0.6 is 0 Å². The van der Waals surface area contributed by atoms with Gasteiger partial charge in [0.15, 0.2) is 0 Å². The smallest absolute Gasteiger partial charge is 0.251 e. The van der Waals surface area contributed by atoms with Crippen molar-refractivity contribution in [3.05, 3.63) is 72.3 Å². The molecule has 1 aliphatic rings. The van der Waals surface area contributed by atoms with Crippen molar-refractivity contribution in [2.45, 2.75) is 18.9 Å². The molecule has 1 saturated heterocycles. The number of likely N-dealkylation sites (tertiary alicyclic amines) is 1. The van der Waals surface area contributed by atoms with Gasteiger partial charge in [-0.3, -0.25) is 9.69 Å². The number of nitrogens with one attached hydrogen (secondary N) is 1. The average molecular weight is 380 g/mol. The average Bonchev–Trinajstić information content (AvgIpc) is 3.27. The minimum absolute atomic E-state index is 0.0759. The Morgan fingerprint density at radius 1 is 1.11 bits per heavy atom. The molecule has 1 N–H and O–H groups in total. The number of amides is 1. The third-order valence-electron chi connectivity index (χ3n) is 5.02. The number of hydrogen-bond donors (Lipinski definition) is 1. The summed E-state index contributed by atoms with van der Waals surface area (Å²) in [7, 11) is 1.67. The second-order valence-electron chi connectivity index (χ2n) is 6.87. The van der Waals surface area contributed by atoms with Gasteiger partial charge in [-0.25, -0.2) is 0 Å². The Kier molecular flexibility index (Phi) is 7.09. The van der Waals surface area contributed by atoms with Crippen molar-refractivity contribution in [3.63, 3.8) is 0 Å². The fourth-order valence-corrected chi connectivity index (χ4v) is 3.49. The summed E-state index contributed by atoms with van der Waals surface area (Å²) >= 11 is 0. The zero-order chi connectivity index (χ0) is 19.8. The van der Waals surface area contributed by atoms with Gasteiger partial charge in [-0.15, -0.1) is 0 Å². The molecule has 1 unspecified atom stereocenters. The predicted molar refractivity (Wildman–Crippen MR) is 111 cm³/mol. The van der Waals surface area contributed by atoms with Crippen LogP contribution in [0.15, 0.2) is 61.2 Å². The summed E-state index contributed by atoms with van der Waals surface area (Å²) in [6.07, 6.45) is 4.10. The fraction of sp³-hybridized carbons (Fsp3) is 0.348. The van der Waals surface area contributed by atoms with E-state index in [1.165, 1.54) is 18.4 Å². The zero-order valence-corrected chi connectivity index (χ0v) is 16.4. The molecule has 3 rings (SSSR count). The van der Waals surface area contributed by atoms with Crippen LogP contribution in [0, 0.1) is 0 Å². The van der Waals surface area contributed by atoms with Gasteiger partial charge in [-0.05, 0) is 67.9 Å². The Bertz CT molecular complexity index is 765. The third kappa shape index (κ3) is 5.14. The summed E-state index contributed by atoms with van der Waals surface area (Å²) in [4.78, 5) is 15.1. The predicted octanol–water partition coefficient (Wildman–Crippen LogP) is 3.83. The van der Waals surface area contributed by atoms with Crippen LogP contribution in [0.1, 0.15) is 34.8 Å². The summed E-state index contributed by atoms with van der Waals surface area (Å²) in [5, 5.41) is 3.10. The van der Waals surface area contributed by atoms with E-state index < -0.39 is 0 Å². The molecule has 5 heteroatoms. The quantitative estimate of drug-likeness (QED) is 0.672. The van der Waals surface area contributed by atoms with Crippen LogP contribution in [0.3, 0.4) is 0 Å². The standard InChI is InChI=1S/C23H28N2O3/c1-3-16-28-21-12-8-19(9-13-21)23(26)24-17-22(25-14-4-5-15-25)18-6-10-20(27-2)11-7-18/h3,6-13,22H,1,4-5,14-17H2,2H3,(H,24,26). The van der Waals surface area contributed by atoms with Crippen molar-refractivity contribution >= 4 is 5.91 Å². The van der Waals surface area contributed by atoms with Gasteiger partial charge in [0.2, 0.25) is 0 Å². The molecule has 1 heterocycles. The number of benzene rings is 2. The lowest BCUT2D eigenvalue weighted by atomic mass is 10.0. The Balaban J connectivity index is 1.65. The van der Waals surface area contributed by atoms with Crippen LogP contribution in [0.5, 0.6) is 11.5 Å². The van der Waals surface area contributed by atoms with E-state index in [-0.39, 0.29) is 11.9 Å². The molecule has 2 aromatic rings. The first kappa shape index (κ1) is 20.0. The van der Waals surface area contributed by atoms with Crippen molar-refractivity contribution in [1.29, 1.82) is 0 Å². The van der Waals surface area contributed by atoms with E-state index in [0.29, 0.717) is 18.7 Å². The molecule has 1 amide bonds. The van der Waals surface area contributed by atoms with Crippen molar-refractivity contribution in [2.24, 2.45) is 0 Å². The molecule has 0 spiro atoms. The Labute approximate surface area is 167 Å². The number of carbonyl (C=O) groups is 1.